The third-order valence-electron chi connectivity index (χ3n) is 17.6. The third-order valence-corrected chi connectivity index (χ3v) is 19.1. The molecule has 0 aromatic heterocycles. The van der Waals surface area contributed by atoms with Crippen LogP contribution in [0.15, 0.2) is 54.6 Å². The van der Waals surface area contributed by atoms with Crippen molar-refractivity contribution in [1.82, 2.24) is 69.1 Å². The molecule has 0 spiro atoms. The lowest BCUT2D eigenvalue weighted by atomic mass is 9.99. The molecule has 0 bridgehead atoms. The number of carboxylic acids is 3. The van der Waals surface area contributed by atoms with Crippen molar-refractivity contribution in [3.8, 4) is 5.75 Å². The fraction of sp³-hybridized carbons (Fsp3) is 0.557. The molecule has 2 aromatic carbocycles. The second-order valence-electron chi connectivity index (χ2n) is 27.1. The summed E-state index contributed by atoms with van der Waals surface area (Å²) in [5.41, 5.74) is 22.5. The Hall–Kier alpha value is -11.9. The monoisotopic (exact) mass is 1590 g/mol. The van der Waals surface area contributed by atoms with Gasteiger partial charge >= 0.3 is 18.0 Å². The molecule has 15 amide bonds. The molecule has 112 heavy (non-hydrogen) atoms. The molecule has 2 aliphatic heterocycles. The predicted octanol–water partition coefficient (Wildman–Crippen LogP) is -10.6. The van der Waals surface area contributed by atoms with Crippen LogP contribution in [-0.4, -0.2) is 214 Å². The van der Waals surface area contributed by atoms with Gasteiger partial charge in [0, 0.05) is 54.6 Å². The largest absolute Gasteiger partial charge is 0.550 e. The summed E-state index contributed by atoms with van der Waals surface area (Å²) in [5, 5.41) is 83.0. The first-order valence-corrected chi connectivity index (χ1v) is 37.2. The summed E-state index contributed by atoms with van der Waals surface area (Å²) in [7, 11) is 0. The van der Waals surface area contributed by atoms with Crippen LogP contribution in [-0.2, 0) is 99.1 Å². The second kappa shape index (κ2) is 47.2. The van der Waals surface area contributed by atoms with Crippen LogP contribution in [0, 0.1) is 5.92 Å². The van der Waals surface area contributed by atoms with E-state index in [0.717, 1.165) is 0 Å². The summed E-state index contributed by atoms with van der Waals surface area (Å²) in [4.78, 5) is 238. The number of benzene rings is 2. The van der Waals surface area contributed by atoms with Gasteiger partial charge in [0.15, 0.2) is 6.61 Å². The van der Waals surface area contributed by atoms with Gasteiger partial charge in [0.2, 0.25) is 70.9 Å². The van der Waals surface area contributed by atoms with Gasteiger partial charge in [0.05, 0.1) is 25.0 Å². The standard InChI is InChI=1S/C70H102N18O23S/c1-4-39(68(109)111-33-54(93)77-40(59(73)100)13-10-28-76-69(74)75)79-61(102)42(20-24-51(71)90)82-65(106)46(30-36-11-6-5-7-12-36)85-66(107)47(31-37-16-18-38(89)19-17-37)84-64(105)45(29-35(2)3)83-67(108)48(32-52(72)91)86-63(104)44(23-27-57(98)99)81-62(103)43(22-26-56(96)97)80-60(101)41(21-25-55(94)95)78-53(92)15-9-8-14-50-58-49(34-112-50)87-70(110)88-58/h5-7,11-12,16-19,35,39-50,58,89H,4,8-10,13-15,20-34H2,1-3H3,(H2,71,90)(H2,72,91)(H2,73,100)(H,77,93)(H,78,92)(H,79,102)(H,80,101)(H,81,103)(H,82,106)(H,83,108)(H,84,105)(H,85,107)(H,86,104)(H,94,95)(H,96,97)(H,98,99)(H4,74,75,76)(H2,87,88,110)/p-2/t39-,40-,41-,42-,43-,44-,45-,46-,47-,48-,49-,50-,58-/m0/s1. The molecule has 42 heteroatoms. The van der Waals surface area contributed by atoms with Crippen LogP contribution in [0.4, 0.5) is 4.79 Å². The molecule has 13 atom stereocenters. The molecule has 0 aliphatic carbocycles. The number of nitrogens with one attached hydrogen (secondary N) is 13. The number of urea groups is 1. The smallest absolute Gasteiger partial charge is 0.338 e. The Labute approximate surface area is 647 Å². The number of phenols is 1. The Kier molecular flexibility index (Phi) is 39.0. The Morgan fingerprint density at radius 3 is 1.45 bits per heavy atom. The minimum atomic E-state index is -2.06. The van der Waals surface area contributed by atoms with Crippen LogP contribution in [0.1, 0.15) is 141 Å². The zero-order valence-electron chi connectivity index (χ0n) is 62.1. The number of carbonyl (C=O) groups is 18. The zero-order chi connectivity index (χ0) is 83.3. The lowest BCUT2D eigenvalue weighted by Crippen LogP contribution is -2.61. The third kappa shape index (κ3) is 34.4. The quantitative estimate of drug-likeness (QED) is 0.00961. The van der Waals surface area contributed by atoms with E-state index in [0.29, 0.717) is 36.1 Å². The Bertz CT molecular complexity index is 3690. The van der Waals surface area contributed by atoms with Crippen molar-refractivity contribution in [2.24, 2.45) is 28.9 Å². The molecular weight excluding hydrogens is 1490 g/mol. The molecule has 2 heterocycles. The molecule has 616 valence electrons. The highest BCUT2D eigenvalue weighted by atomic mass is 32.2. The van der Waals surface area contributed by atoms with E-state index in [2.05, 4.69) is 69.1 Å². The summed E-state index contributed by atoms with van der Waals surface area (Å²) in [6, 6.07) is -4.28. The average Bonchev–Trinajstić information content (AvgIpc) is 1.58. The summed E-state index contributed by atoms with van der Waals surface area (Å²) in [6.45, 7) is 3.98. The van der Waals surface area contributed by atoms with Crippen LogP contribution in [0.25, 0.3) is 0 Å². The van der Waals surface area contributed by atoms with E-state index < -0.39 is 238 Å². The van der Waals surface area contributed by atoms with Crippen LogP contribution >= 0.6 is 11.8 Å². The summed E-state index contributed by atoms with van der Waals surface area (Å²) < 4.78 is 5.14. The van der Waals surface area contributed by atoms with Gasteiger partial charge in [-0.25, -0.2) is 9.59 Å². The molecular formula is C70H100N18O23S-2. The van der Waals surface area contributed by atoms with E-state index in [1.165, 1.54) is 31.2 Å². The fourth-order valence-corrected chi connectivity index (χ4v) is 13.3. The molecule has 41 nitrogen and oxygen atoms in total. The van der Waals surface area contributed by atoms with Crippen molar-refractivity contribution < 1.29 is 117 Å². The number of aliphatic carboxylic acids is 3. The molecule has 2 fully saturated rings. The number of hydrogen-bond donors (Lipinski definition) is 19. The van der Waals surface area contributed by atoms with Crippen molar-refractivity contribution in [3.63, 3.8) is 0 Å². The topological polar surface area (TPSA) is 692 Å². The highest BCUT2D eigenvalue weighted by Gasteiger charge is 2.43. The maximum Gasteiger partial charge on any atom is 0.338 e. The lowest BCUT2D eigenvalue weighted by molar-refractivity contribution is -0.307. The maximum absolute atomic E-state index is 14.9. The van der Waals surface area contributed by atoms with Crippen LogP contribution < -0.4 is 113 Å². The number of aromatic hydroxyl groups is 1. The van der Waals surface area contributed by atoms with Gasteiger partial charge in [-0.15, -0.1) is 0 Å². The second-order valence-corrected chi connectivity index (χ2v) is 28.4. The van der Waals surface area contributed by atoms with E-state index in [-0.39, 0.29) is 80.1 Å². The first kappa shape index (κ1) is 92.5. The van der Waals surface area contributed by atoms with Gasteiger partial charge in [-0.2, -0.15) is 11.8 Å². The van der Waals surface area contributed by atoms with Crippen molar-refractivity contribution >= 4 is 124 Å². The number of nitrogens with two attached hydrogens (primary N) is 5. The molecule has 24 N–H and O–H groups in total. The van der Waals surface area contributed by atoms with E-state index in [1.807, 2.05) is 0 Å². The molecule has 4 rings (SSSR count). The Morgan fingerprint density at radius 2 is 0.964 bits per heavy atom. The fourth-order valence-electron chi connectivity index (χ4n) is 11.7. The number of fused-ring (bicyclic) bond motifs is 1. The first-order valence-electron chi connectivity index (χ1n) is 36.2. The molecule has 2 aliphatic rings. The summed E-state index contributed by atoms with van der Waals surface area (Å²) in [5.74, 6) is -20.7. The zero-order valence-corrected chi connectivity index (χ0v) is 62.9. The number of hydrogen-bond acceptors (Lipinski definition) is 24. The molecule has 0 radical (unpaired) electrons. The number of primary amides is 3. The van der Waals surface area contributed by atoms with E-state index >= 15 is 0 Å². The van der Waals surface area contributed by atoms with Gasteiger partial charge in [0.1, 0.15) is 66.2 Å². The van der Waals surface area contributed by atoms with Gasteiger partial charge in [-0.1, -0.05) is 69.7 Å². The Morgan fingerprint density at radius 1 is 0.518 bits per heavy atom. The number of carboxylic acid groups (broad SMARTS) is 3. The van der Waals surface area contributed by atoms with Crippen LogP contribution in [0.3, 0.4) is 0 Å². The number of ether oxygens (including phenoxy) is 1. The number of esters is 1. The van der Waals surface area contributed by atoms with Crippen LogP contribution in [0.2, 0.25) is 0 Å². The number of amides is 15. The number of guanidine groups is 1. The number of unbranched alkanes of at least 4 members (excludes halogenated alkanes) is 1. The highest BCUT2D eigenvalue weighted by molar-refractivity contribution is 8.00. The minimum absolute atomic E-state index is 0.0419. The summed E-state index contributed by atoms with van der Waals surface area (Å²) >= 11 is 1.65. The SMILES string of the molecule is CC[C@H](NC(=O)[C@H](CCC(N)=O)NC(=O)[C@H](Cc1ccccc1)NC(=O)[C@H](Cc1ccc(O)cc1)NC(=O)[C@H](CC(C)C)NC(=O)[C@H](CC(N)=O)NC(=O)[C@H](CCC(=O)[O-])NC(=O)[C@H](CCC(=O)[O-])NC(=O)[C@H](CCC(=O)[O-])NC(=O)CCCC[C@@H]1SC[C@@H]2NC(=O)N[C@@H]21)C(=O)OCC(=O)N[C@@H](CCCNC(N)=[NH2+])C(N)=O. The maximum atomic E-state index is 14.9. The minimum Gasteiger partial charge on any atom is -0.550 e. The van der Waals surface area contributed by atoms with Crippen LogP contribution in [0.5, 0.6) is 5.75 Å². The van der Waals surface area contributed by atoms with Gasteiger partial charge in [0.25, 0.3) is 5.91 Å². The van der Waals surface area contributed by atoms with Crippen molar-refractivity contribution in [3.05, 3.63) is 65.7 Å². The summed E-state index contributed by atoms with van der Waals surface area (Å²) in [6.07, 6.45) is -6.56. The molecule has 2 aromatic rings. The van der Waals surface area contributed by atoms with Gasteiger partial charge < -0.3 is 121 Å². The normalized spacial score (nSPS) is 16.7. The number of thioether (sulfide) groups is 1. The van der Waals surface area contributed by atoms with Gasteiger partial charge in [-0.05, 0) is 113 Å². The molecule has 0 saturated carbocycles. The molecule has 0 unspecified atom stereocenters. The van der Waals surface area contributed by atoms with E-state index in [1.54, 1.807) is 55.9 Å². The van der Waals surface area contributed by atoms with Gasteiger partial charge in [-0.3, -0.25) is 78.8 Å². The van der Waals surface area contributed by atoms with E-state index in [4.69, 9.17) is 33.1 Å². The Balaban J connectivity index is 1.58. The number of phenolic OH excluding ortho intramolecular Hbond substituents is 1. The van der Waals surface area contributed by atoms with Crippen molar-refractivity contribution in [2.45, 2.75) is 221 Å². The highest BCUT2D eigenvalue weighted by Crippen LogP contribution is 2.33. The van der Waals surface area contributed by atoms with Crippen molar-refractivity contribution in [1.29, 1.82) is 0 Å². The molecule has 2 saturated heterocycles. The first-order chi connectivity index (χ1) is 52.9. The lowest BCUT2D eigenvalue weighted by Gasteiger charge is -2.29. The van der Waals surface area contributed by atoms with Crippen molar-refractivity contribution in [2.75, 3.05) is 18.9 Å². The number of carbonyl (C=O) groups excluding carboxylic acids is 18. The van der Waals surface area contributed by atoms with E-state index in [9.17, 15) is 107 Å². The number of rotatable bonds is 52. The average molecular weight is 1590 g/mol. The predicted molar refractivity (Wildman–Crippen MR) is 388 cm³/mol.